The van der Waals surface area contributed by atoms with Crippen molar-refractivity contribution in [3.05, 3.63) is 53.4 Å². The van der Waals surface area contributed by atoms with Crippen LogP contribution in [0.2, 0.25) is 0 Å². The van der Waals surface area contributed by atoms with Crippen molar-refractivity contribution in [3.63, 3.8) is 0 Å². The monoisotopic (exact) mass is 245 g/mol. The average molecular weight is 245 g/mol. The Labute approximate surface area is 108 Å². The normalized spacial score (nSPS) is 22.4. The highest BCUT2D eigenvalue weighted by Gasteiger charge is 2.32. The Balaban J connectivity index is 2.47. The summed E-state index contributed by atoms with van der Waals surface area (Å²) in [6.07, 6.45) is 4.42. The van der Waals surface area contributed by atoms with E-state index >= 15 is 0 Å². The highest BCUT2D eigenvalue weighted by Crippen LogP contribution is 2.42. The van der Waals surface area contributed by atoms with Crippen LogP contribution in [-0.4, -0.2) is 6.54 Å². The van der Waals surface area contributed by atoms with Crippen molar-refractivity contribution >= 4 is 5.57 Å². The second kappa shape index (κ2) is 4.69. The summed E-state index contributed by atoms with van der Waals surface area (Å²) in [5.41, 5.74) is 9.49. The molecule has 0 saturated carbocycles. The molecule has 1 aliphatic rings. The van der Waals surface area contributed by atoms with Crippen LogP contribution in [0, 0.1) is 17.2 Å². The third-order valence-corrected chi connectivity index (χ3v) is 3.67. The van der Waals surface area contributed by atoms with Crippen LogP contribution in [-0.2, 0) is 0 Å². The smallest absolute Gasteiger partial charge is 0.123 e. The predicted molar refractivity (Wildman–Crippen MR) is 74.5 cm³/mol. The van der Waals surface area contributed by atoms with Crippen LogP contribution in [0.15, 0.2) is 42.0 Å². The van der Waals surface area contributed by atoms with Crippen LogP contribution in [0.3, 0.4) is 0 Å². The van der Waals surface area contributed by atoms with E-state index in [0.29, 0.717) is 6.54 Å². The molecule has 0 radical (unpaired) electrons. The third kappa shape index (κ3) is 2.39. The van der Waals surface area contributed by atoms with Gasteiger partial charge >= 0.3 is 0 Å². The van der Waals surface area contributed by atoms with Gasteiger partial charge in [-0.15, -0.1) is 0 Å². The molecule has 0 amide bonds. The van der Waals surface area contributed by atoms with Crippen molar-refractivity contribution in [1.29, 1.82) is 0 Å². The van der Waals surface area contributed by atoms with E-state index in [1.807, 2.05) is 12.1 Å². The van der Waals surface area contributed by atoms with E-state index in [0.717, 1.165) is 5.56 Å². The molecule has 1 aromatic carbocycles. The van der Waals surface area contributed by atoms with E-state index in [1.165, 1.54) is 23.3 Å². The molecule has 18 heavy (non-hydrogen) atoms. The molecule has 1 aromatic rings. The van der Waals surface area contributed by atoms with E-state index < -0.39 is 0 Å². The second-order valence-electron chi connectivity index (χ2n) is 5.60. The van der Waals surface area contributed by atoms with E-state index in [9.17, 15) is 4.39 Å². The maximum Gasteiger partial charge on any atom is 0.123 e. The molecule has 1 unspecified atom stereocenters. The molecule has 2 heteroatoms. The summed E-state index contributed by atoms with van der Waals surface area (Å²) in [5.74, 6) is 0.0673. The lowest BCUT2D eigenvalue weighted by Gasteiger charge is -2.36. The molecule has 0 spiro atoms. The molecule has 0 heterocycles. The standard InChI is InChI=1S/C16H20FN/c1-11-8-14(12-4-6-13(17)7-5-12)15(10-18)16(2,3)9-11/h4-9,15H,10,18H2,1-3H3. The number of hydrogen-bond donors (Lipinski definition) is 1. The summed E-state index contributed by atoms with van der Waals surface area (Å²) >= 11 is 0. The molecule has 0 saturated heterocycles. The van der Waals surface area contributed by atoms with Crippen molar-refractivity contribution in [1.82, 2.24) is 0 Å². The molecule has 0 aromatic heterocycles. The second-order valence-corrected chi connectivity index (χ2v) is 5.60. The van der Waals surface area contributed by atoms with Gasteiger partial charge in [0.25, 0.3) is 0 Å². The number of rotatable bonds is 2. The summed E-state index contributed by atoms with van der Waals surface area (Å²) in [6, 6.07) is 6.67. The minimum absolute atomic E-state index is 0.0390. The molecule has 0 aliphatic heterocycles. The first-order valence-electron chi connectivity index (χ1n) is 6.31. The average Bonchev–Trinajstić information content (AvgIpc) is 2.27. The molecule has 2 N–H and O–H groups in total. The topological polar surface area (TPSA) is 26.0 Å². The fourth-order valence-corrected chi connectivity index (χ4v) is 2.83. The van der Waals surface area contributed by atoms with Crippen LogP contribution in [0.25, 0.3) is 5.57 Å². The van der Waals surface area contributed by atoms with Gasteiger partial charge in [0.05, 0.1) is 0 Å². The largest absolute Gasteiger partial charge is 0.330 e. The lowest BCUT2D eigenvalue weighted by molar-refractivity contribution is 0.355. The molecular weight excluding hydrogens is 225 g/mol. The summed E-state index contributed by atoms with van der Waals surface area (Å²) in [5, 5.41) is 0. The molecule has 96 valence electrons. The Bertz CT molecular complexity index is 494. The maximum atomic E-state index is 13.0. The van der Waals surface area contributed by atoms with Crippen LogP contribution >= 0.6 is 0 Å². The molecule has 1 atom stereocenters. The van der Waals surface area contributed by atoms with E-state index in [2.05, 4.69) is 32.9 Å². The van der Waals surface area contributed by atoms with E-state index in [4.69, 9.17) is 5.73 Å². The highest BCUT2D eigenvalue weighted by molar-refractivity contribution is 5.72. The molecule has 0 fully saturated rings. The Morgan fingerprint density at radius 3 is 2.39 bits per heavy atom. The minimum atomic E-state index is -0.203. The molecule has 1 nitrogen and oxygen atoms in total. The van der Waals surface area contributed by atoms with Gasteiger partial charge in [-0.05, 0) is 35.6 Å². The van der Waals surface area contributed by atoms with Crippen molar-refractivity contribution in [2.24, 2.45) is 17.1 Å². The van der Waals surface area contributed by atoms with Gasteiger partial charge in [0, 0.05) is 12.5 Å². The SMILES string of the molecule is CC1=CC(C)(C)C(CN)C(c2ccc(F)cc2)=C1. The van der Waals surface area contributed by atoms with Gasteiger partial charge in [-0.25, -0.2) is 4.39 Å². The van der Waals surface area contributed by atoms with Crippen LogP contribution in [0.5, 0.6) is 0 Å². The van der Waals surface area contributed by atoms with Crippen molar-refractivity contribution < 1.29 is 4.39 Å². The third-order valence-electron chi connectivity index (χ3n) is 3.67. The predicted octanol–water partition coefficient (Wildman–Crippen LogP) is 3.77. The lowest BCUT2D eigenvalue weighted by Crippen LogP contribution is -2.32. The van der Waals surface area contributed by atoms with Gasteiger partial charge in [-0.1, -0.05) is 43.7 Å². The molecular formula is C16H20FN. The van der Waals surface area contributed by atoms with Crippen LogP contribution in [0.1, 0.15) is 26.3 Å². The fraction of sp³-hybridized carbons (Fsp3) is 0.375. The Hall–Kier alpha value is -1.41. The van der Waals surface area contributed by atoms with Crippen molar-refractivity contribution in [2.75, 3.05) is 6.54 Å². The van der Waals surface area contributed by atoms with Gasteiger partial charge in [-0.2, -0.15) is 0 Å². The summed E-state index contributed by atoms with van der Waals surface area (Å²) in [7, 11) is 0. The van der Waals surface area contributed by atoms with Gasteiger partial charge in [0.15, 0.2) is 0 Å². The van der Waals surface area contributed by atoms with Gasteiger partial charge in [0.1, 0.15) is 5.82 Å². The van der Waals surface area contributed by atoms with Gasteiger partial charge in [-0.3, -0.25) is 0 Å². The number of benzene rings is 1. The first kappa shape index (κ1) is 13.0. The zero-order chi connectivity index (χ0) is 13.3. The first-order chi connectivity index (χ1) is 8.44. The van der Waals surface area contributed by atoms with Crippen molar-refractivity contribution in [2.45, 2.75) is 20.8 Å². The number of allylic oxidation sites excluding steroid dienone is 3. The Morgan fingerprint density at radius 1 is 1.22 bits per heavy atom. The van der Waals surface area contributed by atoms with Crippen LogP contribution < -0.4 is 5.73 Å². The quantitative estimate of drug-likeness (QED) is 0.843. The van der Waals surface area contributed by atoms with Gasteiger partial charge in [0.2, 0.25) is 0 Å². The van der Waals surface area contributed by atoms with Crippen molar-refractivity contribution in [3.8, 4) is 0 Å². The van der Waals surface area contributed by atoms with Gasteiger partial charge < -0.3 is 5.73 Å². The molecule has 2 rings (SSSR count). The zero-order valence-corrected chi connectivity index (χ0v) is 11.2. The number of nitrogens with two attached hydrogens (primary N) is 1. The fourth-order valence-electron chi connectivity index (χ4n) is 2.83. The molecule has 0 bridgehead atoms. The summed E-state index contributed by atoms with van der Waals surface area (Å²) < 4.78 is 13.0. The maximum absolute atomic E-state index is 13.0. The highest BCUT2D eigenvalue weighted by atomic mass is 19.1. The summed E-state index contributed by atoms with van der Waals surface area (Å²) in [6.45, 7) is 7.09. The first-order valence-corrected chi connectivity index (χ1v) is 6.31. The summed E-state index contributed by atoms with van der Waals surface area (Å²) in [4.78, 5) is 0. The molecule has 1 aliphatic carbocycles. The van der Waals surface area contributed by atoms with E-state index in [1.54, 1.807) is 0 Å². The minimum Gasteiger partial charge on any atom is -0.330 e. The Morgan fingerprint density at radius 2 is 1.83 bits per heavy atom. The van der Waals surface area contributed by atoms with E-state index in [-0.39, 0.29) is 17.2 Å². The lowest BCUT2D eigenvalue weighted by atomic mass is 9.69. The number of halogens is 1. The van der Waals surface area contributed by atoms with Crippen LogP contribution in [0.4, 0.5) is 4.39 Å². The Kier molecular flexibility index (Phi) is 3.40. The zero-order valence-electron chi connectivity index (χ0n) is 11.2. The number of hydrogen-bond acceptors (Lipinski definition) is 1.